The monoisotopic (exact) mass is 548 g/mol. The summed E-state index contributed by atoms with van der Waals surface area (Å²) in [6, 6.07) is 26.0. The van der Waals surface area contributed by atoms with Gasteiger partial charge < -0.3 is 18.9 Å². The van der Waals surface area contributed by atoms with Crippen LogP contribution in [0.4, 0.5) is 0 Å². The Kier molecular flexibility index (Phi) is 8.82. The Balaban J connectivity index is 1.46. The number of esters is 1. The van der Waals surface area contributed by atoms with Gasteiger partial charge in [0.2, 0.25) is 0 Å². The molecule has 0 N–H and O–H groups in total. The van der Waals surface area contributed by atoms with Gasteiger partial charge in [-0.25, -0.2) is 9.78 Å². The Bertz CT molecular complexity index is 1560. The Morgan fingerprint density at radius 1 is 0.951 bits per heavy atom. The molecule has 1 aliphatic heterocycles. The number of nitrogens with zero attached hydrogens (tertiary/aromatic N) is 2. The van der Waals surface area contributed by atoms with Gasteiger partial charge >= 0.3 is 5.97 Å². The number of hydrogen-bond acceptors (Lipinski definition) is 7. The minimum atomic E-state index is -0.571. The molecular formula is C34H32N2O5. The van der Waals surface area contributed by atoms with Crippen LogP contribution in [-0.2, 0) is 17.8 Å². The van der Waals surface area contributed by atoms with Gasteiger partial charge in [-0.15, -0.1) is 0 Å². The molecule has 1 aromatic heterocycles. The molecule has 0 bridgehead atoms. The molecule has 1 aliphatic rings. The third-order valence-corrected chi connectivity index (χ3v) is 7.10. The fraction of sp³-hybridized carbons (Fsp3) is 0.235. The first kappa shape index (κ1) is 27.8. The number of methoxy groups -OCH3 is 3. The van der Waals surface area contributed by atoms with Crippen molar-refractivity contribution >= 4 is 5.97 Å². The first-order valence-corrected chi connectivity index (χ1v) is 13.4. The van der Waals surface area contributed by atoms with E-state index in [-0.39, 0.29) is 18.3 Å². The average Bonchev–Trinajstić information content (AvgIpc) is 3.03. The molecule has 1 atom stereocenters. The Morgan fingerprint density at radius 2 is 1.66 bits per heavy atom. The van der Waals surface area contributed by atoms with Crippen molar-refractivity contribution in [3.05, 3.63) is 119 Å². The van der Waals surface area contributed by atoms with Crippen LogP contribution in [-0.4, -0.2) is 50.3 Å². The molecule has 7 nitrogen and oxygen atoms in total. The SMILES string of the molecule is COC(=O)c1nccc(C#CCN2CCc3cc(OC)c(OC)cc3C2c2ccccc2)c1OCc1ccccc1. The summed E-state index contributed by atoms with van der Waals surface area (Å²) in [6.45, 7) is 1.59. The van der Waals surface area contributed by atoms with Gasteiger partial charge in [-0.1, -0.05) is 72.5 Å². The quantitative estimate of drug-likeness (QED) is 0.214. The third-order valence-electron chi connectivity index (χ3n) is 7.10. The van der Waals surface area contributed by atoms with Crippen molar-refractivity contribution in [2.24, 2.45) is 0 Å². The van der Waals surface area contributed by atoms with Gasteiger partial charge in [0.25, 0.3) is 0 Å². The molecule has 208 valence electrons. The molecule has 7 heteroatoms. The van der Waals surface area contributed by atoms with Gasteiger partial charge in [0.15, 0.2) is 22.9 Å². The molecule has 2 heterocycles. The zero-order chi connectivity index (χ0) is 28.6. The van der Waals surface area contributed by atoms with E-state index >= 15 is 0 Å². The van der Waals surface area contributed by atoms with Crippen LogP contribution in [0.3, 0.4) is 0 Å². The minimum Gasteiger partial charge on any atom is -0.493 e. The van der Waals surface area contributed by atoms with Crippen LogP contribution in [0.25, 0.3) is 0 Å². The summed E-state index contributed by atoms with van der Waals surface area (Å²) in [5.41, 5.74) is 5.23. The number of benzene rings is 3. The molecule has 41 heavy (non-hydrogen) atoms. The van der Waals surface area contributed by atoms with Crippen molar-refractivity contribution in [1.82, 2.24) is 9.88 Å². The fourth-order valence-electron chi connectivity index (χ4n) is 5.09. The highest BCUT2D eigenvalue weighted by atomic mass is 16.5. The summed E-state index contributed by atoms with van der Waals surface area (Å²) < 4.78 is 22.3. The second kappa shape index (κ2) is 13.0. The van der Waals surface area contributed by atoms with Crippen LogP contribution in [0.5, 0.6) is 17.2 Å². The molecule has 5 rings (SSSR count). The molecule has 0 fully saturated rings. The fourth-order valence-corrected chi connectivity index (χ4v) is 5.09. The maximum Gasteiger partial charge on any atom is 0.360 e. The summed E-state index contributed by atoms with van der Waals surface area (Å²) >= 11 is 0. The lowest BCUT2D eigenvalue weighted by molar-refractivity contribution is 0.0588. The van der Waals surface area contributed by atoms with Crippen LogP contribution in [0, 0.1) is 11.8 Å². The van der Waals surface area contributed by atoms with E-state index in [0.717, 1.165) is 24.3 Å². The van der Waals surface area contributed by atoms with Crippen LogP contribution in [0.15, 0.2) is 85.1 Å². The van der Waals surface area contributed by atoms with Crippen LogP contribution < -0.4 is 14.2 Å². The van der Waals surface area contributed by atoms with Crippen molar-refractivity contribution in [3.63, 3.8) is 0 Å². The van der Waals surface area contributed by atoms with Crippen molar-refractivity contribution in [2.45, 2.75) is 19.1 Å². The number of aromatic nitrogens is 1. The van der Waals surface area contributed by atoms with Gasteiger partial charge in [0.05, 0.1) is 39.5 Å². The van der Waals surface area contributed by atoms with E-state index in [9.17, 15) is 4.79 Å². The highest BCUT2D eigenvalue weighted by Gasteiger charge is 2.30. The predicted octanol–water partition coefficient (Wildman–Crippen LogP) is 5.46. The second-order valence-electron chi connectivity index (χ2n) is 9.54. The molecule has 0 saturated heterocycles. The minimum absolute atomic E-state index is 0.00840. The van der Waals surface area contributed by atoms with E-state index < -0.39 is 5.97 Å². The summed E-state index contributed by atoms with van der Waals surface area (Å²) in [6.07, 6.45) is 2.41. The number of carbonyl (C=O) groups excluding carboxylic acids is 1. The second-order valence-corrected chi connectivity index (χ2v) is 9.54. The van der Waals surface area contributed by atoms with Crippen LogP contribution in [0.2, 0.25) is 0 Å². The standard InChI is InChI=1S/C34H32N2O5/c1-38-29-21-27-17-20-36(32(25-13-8-5-9-14-25)28(27)22-30(29)39-2)19-10-15-26-16-18-35-31(34(37)40-3)33(26)41-23-24-11-6-4-7-12-24/h4-9,11-14,16,18,21-22,32H,17,19-20,23H2,1-3H3. The topological polar surface area (TPSA) is 70.1 Å². The van der Waals surface area contributed by atoms with Gasteiger partial charge in [0, 0.05) is 12.7 Å². The summed E-state index contributed by atoms with van der Waals surface area (Å²) in [4.78, 5) is 19.1. The largest absolute Gasteiger partial charge is 0.493 e. The van der Waals surface area contributed by atoms with E-state index in [4.69, 9.17) is 18.9 Å². The Hall–Kier alpha value is -4.80. The zero-order valence-corrected chi connectivity index (χ0v) is 23.4. The van der Waals surface area contributed by atoms with Crippen molar-refractivity contribution < 1.29 is 23.7 Å². The lowest BCUT2D eigenvalue weighted by Gasteiger charge is -2.37. The summed E-state index contributed by atoms with van der Waals surface area (Å²) in [5.74, 6) is 7.76. The van der Waals surface area contributed by atoms with Crippen LogP contribution >= 0.6 is 0 Å². The third kappa shape index (κ3) is 6.19. The molecule has 3 aromatic carbocycles. The molecule has 0 spiro atoms. The van der Waals surface area contributed by atoms with E-state index in [1.54, 1.807) is 26.5 Å². The average molecular weight is 549 g/mol. The molecule has 0 aliphatic carbocycles. The first-order valence-electron chi connectivity index (χ1n) is 13.4. The molecule has 4 aromatic rings. The van der Waals surface area contributed by atoms with Crippen LogP contribution in [0.1, 0.15) is 44.3 Å². The summed E-state index contributed by atoms with van der Waals surface area (Å²) in [5, 5.41) is 0. The molecule has 0 radical (unpaired) electrons. The predicted molar refractivity (Wildman–Crippen MR) is 156 cm³/mol. The number of fused-ring (bicyclic) bond motifs is 1. The first-order chi connectivity index (χ1) is 20.1. The molecule has 0 amide bonds. The lowest BCUT2D eigenvalue weighted by atomic mass is 9.87. The highest BCUT2D eigenvalue weighted by Crippen LogP contribution is 2.40. The van der Waals surface area contributed by atoms with E-state index in [2.05, 4.69) is 58.1 Å². The number of pyridine rings is 1. The van der Waals surface area contributed by atoms with Gasteiger partial charge in [-0.2, -0.15) is 0 Å². The number of hydrogen-bond donors (Lipinski definition) is 0. The molecule has 0 saturated carbocycles. The van der Waals surface area contributed by atoms with E-state index in [1.165, 1.54) is 23.8 Å². The van der Waals surface area contributed by atoms with E-state index in [1.807, 2.05) is 36.4 Å². The maximum atomic E-state index is 12.5. The molecule has 1 unspecified atom stereocenters. The summed E-state index contributed by atoms with van der Waals surface area (Å²) in [7, 11) is 4.64. The smallest absolute Gasteiger partial charge is 0.360 e. The number of carbonyl (C=O) groups is 1. The Labute approximate surface area is 240 Å². The Morgan fingerprint density at radius 3 is 2.37 bits per heavy atom. The zero-order valence-electron chi connectivity index (χ0n) is 23.4. The molecular weight excluding hydrogens is 516 g/mol. The van der Waals surface area contributed by atoms with Gasteiger partial charge in [0.1, 0.15) is 6.61 Å². The van der Waals surface area contributed by atoms with Gasteiger partial charge in [-0.3, -0.25) is 4.90 Å². The van der Waals surface area contributed by atoms with E-state index in [0.29, 0.717) is 23.6 Å². The normalized spacial score (nSPS) is 14.3. The van der Waals surface area contributed by atoms with Crippen molar-refractivity contribution in [1.29, 1.82) is 0 Å². The highest BCUT2D eigenvalue weighted by molar-refractivity contribution is 5.91. The number of ether oxygens (including phenoxy) is 4. The van der Waals surface area contributed by atoms with Crippen molar-refractivity contribution in [3.8, 4) is 29.1 Å². The van der Waals surface area contributed by atoms with Gasteiger partial charge in [-0.05, 0) is 46.9 Å². The number of rotatable bonds is 8. The van der Waals surface area contributed by atoms with Crippen molar-refractivity contribution in [2.75, 3.05) is 34.4 Å². The maximum absolute atomic E-state index is 12.5. The lowest BCUT2D eigenvalue weighted by Crippen LogP contribution is -2.36.